The van der Waals surface area contributed by atoms with Crippen molar-refractivity contribution in [3.8, 4) is 0 Å². The zero-order valence-electron chi connectivity index (χ0n) is 8.30. The summed E-state index contributed by atoms with van der Waals surface area (Å²) in [4.78, 5) is 0. The maximum atomic E-state index is 9.09. The lowest BCUT2D eigenvalue weighted by Gasteiger charge is -2.24. The van der Waals surface area contributed by atoms with Crippen molar-refractivity contribution in [1.82, 2.24) is 0 Å². The van der Waals surface area contributed by atoms with E-state index in [2.05, 4.69) is 27.7 Å². The molecule has 0 aliphatic carbocycles. The monoisotopic (exact) mass is 158 g/mol. The molecule has 0 aromatic carbocycles. The Bertz CT molecular complexity index is 88.9. The van der Waals surface area contributed by atoms with E-state index in [9.17, 15) is 0 Å². The van der Waals surface area contributed by atoms with E-state index in [1.54, 1.807) is 0 Å². The Morgan fingerprint density at radius 3 is 2.00 bits per heavy atom. The first-order valence-corrected chi connectivity index (χ1v) is 4.74. The quantitative estimate of drug-likeness (QED) is 0.652. The first kappa shape index (κ1) is 11.0. The molecule has 0 bridgehead atoms. The number of aliphatic hydroxyl groups excluding tert-OH is 1. The minimum Gasteiger partial charge on any atom is -0.396 e. The van der Waals surface area contributed by atoms with Gasteiger partial charge in [-0.15, -0.1) is 0 Å². The Morgan fingerprint density at radius 2 is 1.73 bits per heavy atom. The van der Waals surface area contributed by atoms with E-state index < -0.39 is 0 Å². The predicted molar refractivity (Wildman–Crippen MR) is 49.5 cm³/mol. The third-order valence-corrected chi connectivity index (χ3v) is 2.54. The zero-order chi connectivity index (χ0) is 8.85. The summed E-state index contributed by atoms with van der Waals surface area (Å²) in [5, 5.41) is 9.09. The molecule has 0 rings (SSSR count). The highest BCUT2D eigenvalue weighted by atomic mass is 16.3. The summed E-state index contributed by atoms with van der Waals surface area (Å²) in [5.74, 6) is 1.78. The van der Waals surface area contributed by atoms with Gasteiger partial charge in [-0.2, -0.15) is 0 Å². The number of hydrogen-bond acceptors (Lipinski definition) is 1. The fraction of sp³-hybridized carbons (Fsp3) is 1.00. The van der Waals surface area contributed by atoms with Gasteiger partial charge in [0.2, 0.25) is 0 Å². The first-order valence-electron chi connectivity index (χ1n) is 4.74. The molecule has 0 spiro atoms. The topological polar surface area (TPSA) is 20.2 Å². The molecule has 2 unspecified atom stereocenters. The summed E-state index contributed by atoms with van der Waals surface area (Å²) < 4.78 is 0. The molecule has 0 aromatic heterocycles. The van der Waals surface area contributed by atoms with Crippen molar-refractivity contribution in [3.63, 3.8) is 0 Å². The maximum Gasteiger partial charge on any atom is 0.0464 e. The summed E-state index contributed by atoms with van der Waals surface area (Å²) in [6, 6.07) is 0. The molecule has 0 saturated heterocycles. The predicted octanol–water partition coefficient (Wildman–Crippen LogP) is 2.69. The summed E-state index contributed by atoms with van der Waals surface area (Å²) >= 11 is 0. The van der Waals surface area contributed by atoms with Gasteiger partial charge in [-0.25, -0.2) is 0 Å². The van der Waals surface area contributed by atoms with Gasteiger partial charge in [0, 0.05) is 6.61 Å². The summed E-state index contributed by atoms with van der Waals surface area (Å²) in [7, 11) is 0. The van der Waals surface area contributed by atoms with Crippen LogP contribution >= 0.6 is 0 Å². The van der Waals surface area contributed by atoms with Crippen LogP contribution in [0.15, 0.2) is 0 Å². The van der Waals surface area contributed by atoms with Crippen molar-refractivity contribution < 1.29 is 5.11 Å². The van der Waals surface area contributed by atoms with Gasteiger partial charge in [0.25, 0.3) is 0 Å². The lowest BCUT2D eigenvalue weighted by Crippen LogP contribution is -2.21. The molecular weight excluding hydrogens is 136 g/mol. The summed E-state index contributed by atoms with van der Waals surface area (Å²) in [6.45, 7) is 9.16. The maximum absolute atomic E-state index is 9.09. The van der Waals surface area contributed by atoms with E-state index in [4.69, 9.17) is 5.11 Å². The third kappa shape index (κ3) is 3.76. The molecule has 0 amide bonds. The Balaban J connectivity index is 3.81. The van der Waals surface area contributed by atoms with Crippen molar-refractivity contribution in [1.29, 1.82) is 0 Å². The molecule has 1 heteroatoms. The van der Waals surface area contributed by atoms with Crippen LogP contribution in [-0.4, -0.2) is 11.7 Å². The van der Waals surface area contributed by atoms with Gasteiger partial charge in [0.1, 0.15) is 0 Å². The van der Waals surface area contributed by atoms with Gasteiger partial charge in [0.05, 0.1) is 0 Å². The molecule has 0 aliphatic rings. The van der Waals surface area contributed by atoms with E-state index in [-0.39, 0.29) is 0 Å². The van der Waals surface area contributed by atoms with E-state index >= 15 is 0 Å². The fourth-order valence-electron chi connectivity index (χ4n) is 1.72. The summed E-state index contributed by atoms with van der Waals surface area (Å²) in [6.07, 6.45) is 2.47. The highest BCUT2D eigenvalue weighted by molar-refractivity contribution is 4.68. The third-order valence-electron chi connectivity index (χ3n) is 2.54. The first-order chi connectivity index (χ1) is 5.13. The van der Waals surface area contributed by atoms with E-state index in [1.807, 2.05) is 0 Å². The number of hydrogen-bond donors (Lipinski definition) is 1. The van der Waals surface area contributed by atoms with Crippen molar-refractivity contribution in [3.05, 3.63) is 0 Å². The van der Waals surface area contributed by atoms with E-state index in [0.717, 1.165) is 0 Å². The minimum atomic E-state index is 0.346. The largest absolute Gasteiger partial charge is 0.396 e. The molecule has 0 aliphatic heterocycles. The summed E-state index contributed by atoms with van der Waals surface area (Å²) in [5.41, 5.74) is 0. The molecule has 0 radical (unpaired) electrons. The van der Waals surface area contributed by atoms with Crippen LogP contribution in [0, 0.1) is 17.8 Å². The molecule has 0 fully saturated rings. The second kappa shape index (κ2) is 5.59. The van der Waals surface area contributed by atoms with Crippen LogP contribution in [-0.2, 0) is 0 Å². The second-order valence-corrected chi connectivity index (χ2v) is 3.86. The molecule has 1 nitrogen and oxygen atoms in total. The highest BCUT2D eigenvalue weighted by Gasteiger charge is 2.18. The van der Waals surface area contributed by atoms with Gasteiger partial charge in [-0.3, -0.25) is 0 Å². The van der Waals surface area contributed by atoms with Crippen LogP contribution in [0.4, 0.5) is 0 Å². The number of rotatable bonds is 5. The van der Waals surface area contributed by atoms with Crippen LogP contribution in [0.2, 0.25) is 0 Å². The highest BCUT2D eigenvalue weighted by Crippen LogP contribution is 2.23. The molecule has 11 heavy (non-hydrogen) atoms. The molecular formula is C10H22O. The molecule has 0 saturated carbocycles. The number of aliphatic hydroxyl groups is 1. The van der Waals surface area contributed by atoms with Crippen LogP contribution in [0.3, 0.4) is 0 Å². The van der Waals surface area contributed by atoms with Gasteiger partial charge < -0.3 is 5.11 Å². The molecule has 0 heterocycles. The van der Waals surface area contributed by atoms with E-state index in [1.165, 1.54) is 12.8 Å². The Hall–Kier alpha value is -0.0400. The molecule has 2 atom stereocenters. The SMILES string of the molecule is CCCC(C)C(CO)C(C)C. The van der Waals surface area contributed by atoms with Gasteiger partial charge in [0.15, 0.2) is 0 Å². The minimum absolute atomic E-state index is 0.346. The Labute approximate surface area is 70.8 Å². The van der Waals surface area contributed by atoms with Crippen LogP contribution in [0.25, 0.3) is 0 Å². The van der Waals surface area contributed by atoms with Gasteiger partial charge in [-0.05, 0) is 17.8 Å². The van der Waals surface area contributed by atoms with Crippen LogP contribution in [0.5, 0.6) is 0 Å². The standard InChI is InChI=1S/C10H22O/c1-5-6-9(4)10(7-11)8(2)3/h8-11H,5-7H2,1-4H3. The molecule has 1 N–H and O–H groups in total. The van der Waals surface area contributed by atoms with Crippen molar-refractivity contribution in [2.45, 2.75) is 40.5 Å². The lowest BCUT2D eigenvalue weighted by molar-refractivity contribution is 0.137. The van der Waals surface area contributed by atoms with Crippen molar-refractivity contribution >= 4 is 0 Å². The molecule has 0 aromatic rings. The zero-order valence-corrected chi connectivity index (χ0v) is 8.30. The Kier molecular flexibility index (Phi) is 5.57. The molecule has 68 valence electrons. The Morgan fingerprint density at radius 1 is 1.18 bits per heavy atom. The van der Waals surface area contributed by atoms with Crippen LogP contribution in [0.1, 0.15) is 40.5 Å². The van der Waals surface area contributed by atoms with Crippen molar-refractivity contribution in [2.24, 2.45) is 17.8 Å². The second-order valence-electron chi connectivity index (χ2n) is 3.86. The van der Waals surface area contributed by atoms with Crippen LogP contribution < -0.4 is 0 Å². The fourth-order valence-corrected chi connectivity index (χ4v) is 1.72. The normalized spacial score (nSPS) is 16.9. The van der Waals surface area contributed by atoms with Gasteiger partial charge >= 0.3 is 0 Å². The average Bonchev–Trinajstić information content (AvgIpc) is 1.88. The van der Waals surface area contributed by atoms with E-state index in [0.29, 0.717) is 24.4 Å². The average molecular weight is 158 g/mol. The smallest absolute Gasteiger partial charge is 0.0464 e. The lowest BCUT2D eigenvalue weighted by atomic mass is 9.83. The van der Waals surface area contributed by atoms with Crippen molar-refractivity contribution in [2.75, 3.05) is 6.61 Å². The van der Waals surface area contributed by atoms with Gasteiger partial charge in [-0.1, -0.05) is 40.5 Å².